The lowest BCUT2D eigenvalue weighted by Gasteiger charge is -1.98. The van der Waals surface area contributed by atoms with E-state index in [0.717, 1.165) is 6.08 Å². The summed E-state index contributed by atoms with van der Waals surface area (Å²) in [6.45, 7) is 3.29. The highest BCUT2D eigenvalue weighted by atomic mass is 16.5. The molecule has 0 aromatic carbocycles. The Morgan fingerprint density at radius 2 is 2.00 bits per heavy atom. The molecule has 0 amide bonds. The molecule has 0 bridgehead atoms. The first-order valence-electron chi connectivity index (χ1n) is 3.06. The Bertz CT molecular complexity index is 227. The molecule has 0 saturated heterocycles. The number of rotatable bonds is 5. The van der Waals surface area contributed by atoms with Gasteiger partial charge in [0, 0.05) is 6.08 Å². The van der Waals surface area contributed by atoms with Gasteiger partial charge in [-0.15, -0.1) is 0 Å². The van der Waals surface area contributed by atoms with Gasteiger partial charge in [0.15, 0.2) is 11.5 Å². The predicted octanol–water partition coefficient (Wildman–Crippen LogP) is 0.356. The van der Waals surface area contributed by atoms with Crippen molar-refractivity contribution in [3.63, 3.8) is 0 Å². The molecule has 0 heterocycles. The van der Waals surface area contributed by atoms with Crippen LogP contribution in [0.4, 0.5) is 0 Å². The highest BCUT2D eigenvalue weighted by Gasteiger charge is 2.05. The van der Waals surface area contributed by atoms with E-state index in [-0.39, 0.29) is 11.5 Å². The second-order valence-corrected chi connectivity index (χ2v) is 1.81. The molecule has 0 aliphatic heterocycles. The van der Waals surface area contributed by atoms with Crippen LogP contribution in [0.5, 0.6) is 0 Å². The van der Waals surface area contributed by atoms with Crippen LogP contribution in [0.1, 0.15) is 0 Å². The summed E-state index contributed by atoms with van der Waals surface area (Å²) < 4.78 is 9.01. The van der Waals surface area contributed by atoms with Gasteiger partial charge in [0.25, 0.3) is 6.29 Å². The molecule has 0 aromatic rings. The molecule has 0 N–H and O–H groups in total. The third-order valence-corrected chi connectivity index (χ3v) is 1.10. The number of carbonyl (C=O) groups is 1. The second kappa shape index (κ2) is 5.12. The zero-order valence-electron chi connectivity index (χ0n) is 6.92. The monoisotopic (exact) mass is 169 g/mol. The van der Waals surface area contributed by atoms with Gasteiger partial charge in [0.1, 0.15) is 0 Å². The number of ketones is 1. The minimum absolute atomic E-state index is 0.0557. The zero-order chi connectivity index (χ0) is 9.56. The van der Waals surface area contributed by atoms with Crippen molar-refractivity contribution in [3.05, 3.63) is 24.2 Å². The number of hydrogen-bond acceptors (Lipinski definition) is 4. The number of ether oxygens (including phenoxy) is 2. The molecule has 0 unspecified atom stereocenters. The van der Waals surface area contributed by atoms with E-state index in [9.17, 15) is 9.59 Å². The minimum atomic E-state index is -0.516. The summed E-state index contributed by atoms with van der Waals surface area (Å²) in [6, 6.07) is 0. The van der Waals surface area contributed by atoms with Crippen molar-refractivity contribution < 1.29 is 19.1 Å². The van der Waals surface area contributed by atoms with Gasteiger partial charge in [-0.25, -0.2) is 0 Å². The van der Waals surface area contributed by atoms with Crippen LogP contribution >= 0.6 is 0 Å². The minimum Gasteiger partial charge on any atom is -0.493 e. The first kappa shape index (κ1) is 10.4. The standard InChI is InChI=1S/C8H9O4/c1-6(11-2)8(10)4-7(5-9)12-3/h4H,1H2,2-3H3. The zero-order valence-corrected chi connectivity index (χ0v) is 6.92. The van der Waals surface area contributed by atoms with Crippen LogP contribution in [0.3, 0.4) is 0 Å². The van der Waals surface area contributed by atoms with Crippen LogP contribution in [0.25, 0.3) is 0 Å². The number of allylic oxidation sites excluding steroid dienone is 2. The third-order valence-electron chi connectivity index (χ3n) is 1.10. The van der Waals surface area contributed by atoms with Gasteiger partial charge in [-0.05, 0) is 0 Å². The SMILES string of the molecule is C=C(OC)C(=O)C=C([C]=O)OC. The summed E-state index contributed by atoms with van der Waals surface area (Å²) in [5.74, 6) is -0.754. The largest absolute Gasteiger partial charge is 0.493 e. The molecule has 12 heavy (non-hydrogen) atoms. The van der Waals surface area contributed by atoms with E-state index in [4.69, 9.17) is 0 Å². The molecule has 0 rings (SSSR count). The van der Waals surface area contributed by atoms with Crippen molar-refractivity contribution >= 4 is 12.1 Å². The van der Waals surface area contributed by atoms with Gasteiger partial charge in [-0.3, -0.25) is 9.59 Å². The van der Waals surface area contributed by atoms with E-state index in [0.29, 0.717) is 0 Å². The molecule has 1 radical (unpaired) electrons. The molecule has 0 aromatic heterocycles. The Morgan fingerprint density at radius 1 is 1.42 bits per heavy atom. The Labute approximate surface area is 70.5 Å². The van der Waals surface area contributed by atoms with E-state index in [1.165, 1.54) is 20.5 Å². The van der Waals surface area contributed by atoms with Crippen LogP contribution in [-0.4, -0.2) is 26.3 Å². The Balaban J connectivity index is 4.40. The topological polar surface area (TPSA) is 52.6 Å². The van der Waals surface area contributed by atoms with Crippen molar-refractivity contribution in [2.24, 2.45) is 0 Å². The fraction of sp³-hybridized carbons (Fsp3) is 0.250. The average molecular weight is 169 g/mol. The lowest BCUT2D eigenvalue weighted by molar-refractivity contribution is -0.114. The first-order valence-corrected chi connectivity index (χ1v) is 3.06. The Morgan fingerprint density at radius 3 is 2.33 bits per heavy atom. The average Bonchev–Trinajstić information content (AvgIpc) is 2.12. The maximum absolute atomic E-state index is 10.9. The van der Waals surface area contributed by atoms with Crippen LogP contribution in [-0.2, 0) is 19.1 Å². The van der Waals surface area contributed by atoms with Crippen LogP contribution in [0.2, 0.25) is 0 Å². The van der Waals surface area contributed by atoms with Gasteiger partial charge >= 0.3 is 0 Å². The molecule has 0 fully saturated rings. The van der Waals surface area contributed by atoms with Gasteiger partial charge in [-0.2, -0.15) is 0 Å². The van der Waals surface area contributed by atoms with Crippen molar-refractivity contribution in [1.29, 1.82) is 0 Å². The summed E-state index contributed by atoms with van der Waals surface area (Å²) >= 11 is 0. The smallest absolute Gasteiger partial charge is 0.271 e. The molecule has 4 heteroatoms. The van der Waals surface area contributed by atoms with Crippen molar-refractivity contribution in [1.82, 2.24) is 0 Å². The van der Waals surface area contributed by atoms with E-state index in [1.807, 2.05) is 0 Å². The molecule has 0 saturated carbocycles. The number of hydrogen-bond donors (Lipinski definition) is 0. The Hall–Kier alpha value is -1.58. The van der Waals surface area contributed by atoms with Gasteiger partial charge in [0.2, 0.25) is 5.78 Å². The maximum atomic E-state index is 10.9. The summed E-state index contributed by atoms with van der Waals surface area (Å²) in [5.41, 5.74) is 0. The van der Waals surface area contributed by atoms with E-state index >= 15 is 0 Å². The number of carbonyl (C=O) groups excluding carboxylic acids is 2. The number of methoxy groups -OCH3 is 2. The molecule has 65 valence electrons. The van der Waals surface area contributed by atoms with Gasteiger partial charge < -0.3 is 9.47 Å². The molecule has 0 atom stereocenters. The van der Waals surface area contributed by atoms with Crippen molar-refractivity contribution in [3.8, 4) is 0 Å². The highest BCUT2D eigenvalue weighted by Crippen LogP contribution is 1.98. The third kappa shape index (κ3) is 3.01. The van der Waals surface area contributed by atoms with E-state index in [1.54, 1.807) is 0 Å². The van der Waals surface area contributed by atoms with E-state index < -0.39 is 5.78 Å². The summed E-state index contributed by atoms with van der Waals surface area (Å²) in [4.78, 5) is 21.0. The first-order chi connectivity index (χ1) is 5.65. The molecular formula is C8H9O4. The van der Waals surface area contributed by atoms with Crippen LogP contribution < -0.4 is 0 Å². The molecule has 0 spiro atoms. The lowest BCUT2D eigenvalue weighted by Crippen LogP contribution is -2.02. The van der Waals surface area contributed by atoms with Crippen molar-refractivity contribution in [2.45, 2.75) is 0 Å². The molecular weight excluding hydrogens is 160 g/mol. The summed E-state index contributed by atoms with van der Waals surface area (Å²) in [6.07, 6.45) is 2.39. The van der Waals surface area contributed by atoms with E-state index in [2.05, 4.69) is 16.1 Å². The fourth-order valence-corrected chi connectivity index (χ4v) is 0.430. The molecule has 0 aliphatic carbocycles. The highest BCUT2D eigenvalue weighted by molar-refractivity contribution is 6.04. The maximum Gasteiger partial charge on any atom is 0.271 e. The molecule has 0 aliphatic rings. The summed E-state index contributed by atoms with van der Waals surface area (Å²) in [5, 5.41) is 0. The predicted molar refractivity (Wildman–Crippen MR) is 41.9 cm³/mol. The fourth-order valence-electron chi connectivity index (χ4n) is 0.430. The lowest BCUT2D eigenvalue weighted by atomic mass is 10.3. The quantitative estimate of drug-likeness (QED) is 0.440. The van der Waals surface area contributed by atoms with Gasteiger partial charge in [0.05, 0.1) is 14.2 Å². The normalized spacial score (nSPS) is 10.3. The summed E-state index contributed by atoms with van der Waals surface area (Å²) in [7, 11) is 2.57. The molecule has 4 nitrogen and oxygen atoms in total. The Kier molecular flexibility index (Phi) is 4.45. The second-order valence-electron chi connectivity index (χ2n) is 1.81. The van der Waals surface area contributed by atoms with Crippen LogP contribution in [0, 0.1) is 0 Å². The van der Waals surface area contributed by atoms with Crippen LogP contribution in [0.15, 0.2) is 24.2 Å². The van der Waals surface area contributed by atoms with Gasteiger partial charge in [-0.1, -0.05) is 6.58 Å². The van der Waals surface area contributed by atoms with Crippen molar-refractivity contribution in [2.75, 3.05) is 14.2 Å².